The maximum absolute atomic E-state index is 5.88. The second-order valence-electron chi connectivity index (χ2n) is 6.88. The molecule has 0 saturated heterocycles. The van der Waals surface area contributed by atoms with Crippen LogP contribution in [0.15, 0.2) is 0 Å². The SMILES string of the molecule is CO[Si](OC)(OC)C1CCCCCC1C1CCCCCC1. The van der Waals surface area contributed by atoms with Gasteiger partial charge in [-0.05, 0) is 24.7 Å². The lowest BCUT2D eigenvalue weighted by Crippen LogP contribution is -2.51. The third-order valence-electron chi connectivity index (χ3n) is 5.88. The Kier molecular flexibility index (Phi) is 7.19. The van der Waals surface area contributed by atoms with E-state index in [1.807, 2.05) is 0 Å². The molecule has 2 aliphatic rings. The van der Waals surface area contributed by atoms with E-state index >= 15 is 0 Å². The Balaban J connectivity index is 2.19. The Morgan fingerprint density at radius 1 is 0.619 bits per heavy atom. The normalized spacial score (nSPS) is 29.9. The molecule has 4 heteroatoms. The number of hydrogen-bond acceptors (Lipinski definition) is 3. The van der Waals surface area contributed by atoms with Crippen LogP contribution in [-0.4, -0.2) is 30.1 Å². The summed E-state index contributed by atoms with van der Waals surface area (Å²) in [5.74, 6) is 1.61. The zero-order chi connectivity index (χ0) is 15.1. The highest BCUT2D eigenvalue weighted by Gasteiger charge is 2.52. The Morgan fingerprint density at radius 2 is 1.10 bits per heavy atom. The minimum Gasteiger partial charge on any atom is -0.377 e. The van der Waals surface area contributed by atoms with E-state index in [1.54, 1.807) is 21.3 Å². The van der Waals surface area contributed by atoms with Crippen molar-refractivity contribution >= 4 is 8.80 Å². The van der Waals surface area contributed by atoms with Gasteiger partial charge in [-0.3, -0.25) is 0 Å². The molecule has 0 N–H and O–H groups in total. The van der Waals surface area contributed by atoms with Crippen molar-refractivity contribution in [3.63, 3.8) is 0 Å². The van der Waals surface area contributed by atoms with Gasteiger partial charge < -0.3 is 13.3 Å². The predicted molar refractivity (Wildman–Crippen MR) is 88.3 cm³/mol. The highest BCUT2D eigenvalue weighted by Crippen LogP contribution is 2.47. The molecule has 2 rings (SSSR count). The van der Waals surface area contributed by atoms with Gasteiger partial charge in [-0.1, -0.05) is 57.8 Å². The van der Waals surface area contributed by atoms with Gasteiger partial charge in [0.05, 0.1) is 0 Å². The third-order valence-corrected chi connectivity index (χ3v) is 9.21. The molecule has 2 fully saturated rings. The van der Waals surface area contributed by atoms with E-state index in [4.69, 9.17) is 13.3 Å². The van der Waals surface area contributed by atoms with E-state index in [2.05, 4.69) is 0 Å². The topological polar surface area (TPSA) is 27.7 Å². The summed E-state index contributed by atoms with van der Waals surface area (Å²) < 4.78 is 17.6. The molecule has 0 heterocycles. The van der Waals surface area contributed by atoms with Crippen LogP contribution in [0.2, 0.25) is 5.54 Å². The molecule has 2 atom stereocenters. The Bertz CT molecular complexity index is 277. The highest BCUT2D eigenvalue weighted by atomic mass is 28.4. The summed E-state index contributed by atoms with van der Waals surface area (Å²) in [4.78, 5) is 0. The van der Waals surface area contributed by atoms with Crippen LogP contribution in [0.25, 0.3) is 0 Å². The summed E-state index contributed by atoms with van der Waals surface area (Å²) >= 11 is 0. The minimum absolute atomic E-state index is 0.503. The van der Waals surface area contributed by atoms with Crippen molar-refractivity contribution in [2.75, 3.05) is 21.3 Å². The first kappa shape index (κ1) is 17.5. The zero-order valence-electron chi connectivity index (χ0n) is 14.2. The molecule has 0 aromatic heterocycles. The van der Waals surface area contributed by atoms with Gasteiger partial charge in [0.15, 0.2) is 0 Å². The van der Waals surface area contributed by atoms with Gasteiger partial charge in [-0.2, -0.15) is 0 Å². The van der Waals surface area contributed by atoms with Crippen molar-refractivity contribution < 1.29 is 13.3 Å². The van der Waals surface area contributed by atoms with Gasteiger partial charge in [0.1, 0.15) is 0 Å². The Labute approximate surface area is 132 Å². The molecular weight excluding hydrogens is 280 g/mol. The average molecular weight is 315 g/mol. The largest absolute Gasteiger partial charge is 0.503 e. The smallest absolute Gasteiger partial charge is 0.377 e. The summed E-state index contributed by atoms with van der Waals surface area (Å²) in [6.07, 6.45) is 15.1. The summed E-state index contributed by atoms with van der Waals surface area (Å²) in [7, 11) is 2.85. The predicted octanol–water partition coefficient (Wildman–Crippen LogP) is 4.79. The molecule has 3 nitrogen and oxygen atoms in total. The van der Waals surface area contributed by atoms with Gasteiger partial charge >= 0.3 is 8.80 Å². The first-order valence-electron chi connectivity index (χ1n) is 8.93. The van der Waals surface area contributed by atoms with Crippen molar-refractivity contribution in [1.29, 1.82) is 0 Å². The van der Waals surface area contributed by atoms with E-state index < -0.39 is 8.80 Å². The maximum Gasteiger partial charge on any atom is 0.503 e. The van der Waals surface area contributed by atoms with Crippen molar-refractivity contribution in [1.82, 2.24) is 0 Å². The summed E-state index contributed by atoms with van der Waals surface area (Å²) in [5.41, 5.74) is 0.503. The molecule has 0 radical (unpaired) electrons. The monoisotopic (exact) mass is 314 g/mol. The summed E-state index contributed by atoms with van der Waals surface area (Å²) in [6, 6.07) is 0. The molecule has 2 aliphatic carbocycles. The fraction of sp³-hybridized carbons (Fsp3) is 1.00. The van der Waals surface area contributed by atoms with Gasteiger partial charge in [0.2, 0.25) is 0 Å². The van der Waals surface area contributed by atoms with Crippen LogP contribution in [0, 0.1) is 11.8 Å². The quantitative estimate of drug-likeness (QED) is 0.539. The van der Waals surface area contributed by atoms with Gasteiger partial charge in [0.25, 0.3) is 0 Å². The van der Waals surface area contributed by atoms with Crippen LogP contribution < -0.4 is 0 Å². The van der Waals surface area contributed by atoms with E-state index in [0.717, 1.165) is 11.8 Å². The van der Waals surface area contributed by atoms with E-state index in [0.29, 0.717) is 5.54 Å². The molecule has 0 aliphatic heterocycles. The van der Waals surface area contributed by atoms with Crippen LogP contribution in [-0.2, 0) is 13.3 Å². The molecule has 124 valence electrons. The lowest BCUT2D eigenvalue weighted by molar-refractivity contribution is 0.0889. The molecular formula is C17H34O3Si. The van der Waals surface area contributed by atoms with Crippen LogP contribution in [0.4, 0.5) is 0 Å². The molecule has 0 bridgehead atoms. The van der Waals surface area contributed by atoms with E-state index in [9.17, 15) is 0 Å². The summed E-state index contributed by atoms with van der Waals surface area (Å²) in [6.45, 7) is 0. The van der Waals surface area contributed by atoms with Crippen molar-refractivity contribution in [2.45, 2.75) is 76.2 Å². The number of rotatable bonds is 5. The molecule has 0 amide bonds. The second-order valence-corrected chi connectivity index (χ2v) is 10.0. The lowest BCUT2D eigenvalue weighted by Gasteiger charge is -2.39. The van der Waals surface area contributed by atoms with Crippen molar-refractivity contribution in [3.05, 3.63) is 0 Å². The van der Waals surface area contributed by atoms with Gasteiger partial charge in [-0.15, -0.1) is 0 Å². The third kappa shape index (κ3) is 4.09. The Morgan fingerprint density at radius 3 is 1.67 bits per heavy atom. The number of hydrogen-bond donors (Lipinski definition) is 0. The average Bonchev–Trinajstić information content (AvgIpc) is 2.92. The van der Waals surface area contributed by atoms with Crippen LogP contribution in [0.1, 0.15) is 70.6 Å². The van der Waals surface area contributed by atoms with Gasteiger partial charge in [0, 0.05) is 26.9 Å². The summed E-state index contributed by atoms with van der Waals surface area (Å²) in [5, 5.41) is 0. The molecule has 0 aromatic carbocycles. The molecule has 0 aromatic rings. The first-order valence-corrected chi connectivity index (χ1v) is 10.7. The Hall–Kier alpha value is 0.0969. The van der Waals surface area contributed by atoms with Crippen LogP contribution in [0.3, 0.4) is 0 Å². The fourth-order valence-electron chi connectivity index (χ4n) is 4.78. The van der Waals surface area contributed by atoms with Crippen molar-refractivity contribution in [3.8, 4) is 0 Å². The molecule has 2 saturated carbocycles. The molecule has 21 heavy (non-hydrogen) atoms. The first-order chi connectivity index (χ1) is 10.3. The molecule has 2 unspecified atom stereocenters. The maximum atomic E-state index is 5.88. The van der Waals surface area contributed by atoms with E-state index in [-0.39, 0.29) is 0 Å². The minimum atomic E-state index is -2.51. The lowest BCUT2D eigenvalue weighted by atomic mass is 9.81. The standard InChI is InChI=1S/C17H34O3Si/c1-18-21(19-2,20-3)17-14-10-6-9-13-16(17)15-11-7-4-5-8-12-15/h15-17H,4-14H2,1-3H3. The van der Waals surface area contributed by atoms with Crippen LogP contribution in [0.5, 0.6) is 0 Å². The van der Waals surface area contributed by atoms with E-state index in [1.165, 1.54) is 70.6 Å². The zero-order valence-corrected chi connectivity index (χ0v) is 15.2. The van der Waals surface area contributed by atoms with Crippen LogP contribution >= 0.6 is 0 Å². The molecule has 0 spiro atoms. The van der Waals surface area contributed by atoms with Gasteiger partial charge in [-0.25, -0.2) is 0 Å². The van der Waals surface area contributed by atoms with Crippen molar-refractivity contribution in [2.24, 2.45) is 11.8 Å². The highest BCUT2D eigenvalue weighted by molar-refractivity contribution is 6.62. The fourth-order valence-corrected chi connectivity index (χ4v) is 7.71. The second kappa shape index (κ2) is 8.66.